The monoisotopic (exact) mass is 278 g/mol. The number of benzene rings is 1. The smallest absolute Gasteiger partial charge is 0.274 e. The molecule has 0 radical (unpaired) electrons. The maximum Gasteiger partial charge on any atom is 0.274 e. The zero-order valence-corrected chi connectivity index (χ0v) is 11.5. The molecule has 0 aliphatic heterocycles. The molecule has 5 nitrogen and oxygen atoms in total. The number of amides is 1. The van der Waals surface area contributed by atoms with Crippen LogP contribution in [-0.4, -0.2) is 18.0 Å². The molecule has 0 saturated heterocycles. The van der Waals surface area contributed by atoms with Gasteiger partial charge in [0.15, 0.2) is 0 Å². The SMILES string of the molecule is CONC(=O)c1cccc(OCc2csc(C)n2)c1. The molecule has 0 atom stereocenters. The number of aromatic nitrogens is 1. The quantitative estimate of drug-likeness (QED) is 0.853. The number of aryl methyl sites for hydroxylation is 1. The minimum absolute atomic E-state index is 0.308. The second-order valence-corrected chi connectivity index (χ2v) is 4.87. The molecule has 1 heterocycles. The van der Waals surface area contributed by atoms with Gasteiger partial charge in [-0.1, -0.05) is 6.07 Å². The van der Waals surface area contributed by atoms with Crippen molar-refractivity contribution in [3.05, 3.63) is 45.9 Å². The third-order valence-corrected chi connectivity index (χ3v) is 3.17. The Morgan fingerprint density at radius 2 is 2.32 bits per heavy atom. The predicted molar refractivity (Wildman–Crippen MR) is 72.1 cm³/mol. The van der Waals surface area contributed by atoms with Crippen LogP contribution in [0.15, 0.2) is 29.6 Å². The molecule has 6 heteroatoms. The molecule has 0 aliphatic rings. The van der Waals surface area contributed by atoms with E-state index >= 15 is 0 Å². The fourth-order valence-corrected chi connectivity index (χ4v) is 2.11. The first-order chi connectivity index (χ1) is 9.19. The summed E-state index contributed by atoms with van der Waals surface area (Å²) in [7, 11) is 1.39. The Kier molecular flexibility index (Phi) is 4.48. The summed E-state index contributed by atoms with van der Waals surface area (Å²) in [6.07, 6.45) is 0. The van der Waals surface area contributed by atoms with Crippen LogP contribution < -0.4 is 10.2 Å². The van der Waals surface area contributed by atoms with Gasteiger partial charge in [0.25, 0.3) is 5.91 Å². The van der Waals surface area contributed by atoms with Gasteiger partial charge in [-0.25, -0.2) is 10.5 Å². The van der Waals surface area contributed by atoms with Crippen LogP contribution in [0.2, 0.25) is 0 Å². The highest BCUT2D eigenvalue weighted by Crippen LogP contribution is 2.16. The standard InChI is InChI=1S/C13H14N2O3S/c1-9-14-11(8-19-9)7-18-12-5-3-4-10(6-12)13(16)15-17-2/h3-6,8H,7H2,1-2H3,(H,15,16). The second kappa shape index (κ2) is 6.31. The zero-order chi connectivity index (χ0) is 13.7. The lowest BCUT2D eigenvalue weighted by Gasteiger charge is -2.06. The summed E-state index contributed by atoms with van der Waals surface area (Å²) in [5.41, 5.74) is 3.62. The van der Waals surface area contributed by atoms with Crippen LogP contribution in [0.3, 0.4) is 0 Å². The molecule has 0 fully saturated rings. The van der Waals surface area contributed by atoms with Gasteiger partial charge in [0.1, 0.15) is 12.4 Å². The van der Waals surface area contributed by atoms with Gasteiger partial charge in [-0.05, 0) is 25.1 Å². The van der Waals surface area contributed by atoms with E-state index in [4.69, 9.17) is 4.74 Å². The van der Waals surface area contributed by atoms with E-state index in [1.54, 1.807) is 35.6 Å². The lowest BCUT2D eigenvalue weighted by molar-refractivity contribution is 0.0537. The van der Waals surface area contributed by atoms with E-state index in [2.05, 4.69) is 15.3 Å². The van der Waals surface area contributed by atoms with Gasteiger partial charge in [-0.3, -0.25) is 9.63 Å². The Balaban J connectivity index is 2.00. The Labute approximate surface area is 115 Å². The van der Waals surface area contributed by atoms with Gasteiger partial charge in [0, 0.05) is 10.9 Å². The number of carbonyl (C=O) groups excluding carboxylic acids is 1. The van der Waals surface area contributed by atoms with Crippen LogP contribution >= 0.6 is 11.3 Å². The van der Waals surface area contributed by atoms with Gasteiger partial charge in [0.2, 0.25) is 0 Å². The van der Waals surface area contributed by atoms with Crippen LogP contribution in [-0.2, 0) is 11.4 Å². The number of hydroxylamine groups is 1. The van der Waals surface area contributed by atoms with Crippen LogP contribution in [0, 0.1) is 6.92 Å². The highest BCUT2D eigenvalue weighted by molar-refractivity contribution is 7.09. The third kappa shape index (κ3) is 3.77. The maximum atomic E-state index is 11.6. The Morgan fingerprint density at radius 1 is 1.47 bits per heavy atom. The van der Waals surface area contributed by atoms with Crippen molar-refractivity contribution in [2.24, 2.45) is 0 Å². The molecule has 0 saturated carbocycles. The van der Waals surface area contributed by atoms with Crippen molar-refractivity contribution in [1.29, 1.82) is 0 Å². The molecule has 1 aromatic carbocycles. The summed E-state index contributed by atoms with van der Waals surface area (Å²) < 4.78 is 5.60. The number of rotatable bonds is 5. The van der Waals surface area contributed by atoms with E-state index in [1.807, 2.05) is 12.3 Å². The van der Waals surface area contributed by atoms with E-state index in [0.717, 1.165) is 10.7 Å². The molecule has 0 aliphatic carbocycles. The molecule has 0 spiro atoms. The minimum atomic E-state index is -0.308. The van der Waals surface area contributed by atoms with Crippen molar-refractivity contribution >= 4 is 17.2 Å². The summed E-state index contributed by atoms with van der Waals surface area (Å²) >= 11 is 1.58. The molecule has 1 N–H and O–H groups in total. The first-order valence-electron chi connectivity index (χ1n) is 5.66. The number of nitrogens with one attached hydrogen (secondary N) is 1. The Hall–Kier alpha value is -1.92. The number of ether oxygens (including phenoxy) is 1. The van der Waals surface area contributed by atoms with Crippen LogP contribution in [0.1, 0.15) is 21.1 Å². The highest BCUT2D eigenvalue weighted by atomic mass is 32.1. The van der Waals surface area contributed by atoms with E-state index in [0.29, 0.717) is 17.9 Å². The summed E-state index contributed by atoms with van der Waals surface area (Å²) in [4.78, 5) is 20.5. The fourth-order valence-electron chi connectivity index (χ4n) is 1.51. The molecule has 2 aromatic rings. The summed E-state index contributed by atoms with van der Waals surface area (Å²) in [5.74, 6) is 0.312. The molecule has 100 valence electrons. The Morgan fingerprint density at radius 3 is 3.00 bits per heavy atom. The molecule has 19 heavy (non-hydrogen) atoms. The van der Waals surface area contributed by atoms with Crippen molar-refractivity contribution in [2.75, 3.05) is 7.11 Å². The van der Waals surface area contributed by atoms with Crippen LogP contribution in [0.25, 0.3) is 0 Å². The zero-order valence-electron chi connectivity index (χ0n) is 10.7. The lowest BCUT2D eigenvalue weighted by atomic mass is 10.2. The average Bonchev–Trinajstić information content (AvgIpc) is 2.83. The highest BCUT2D eigenvalue weighted by Gasteiger charge is 2.06. The van der Waals surface area contributed by atoms with Crippen LogP contribution in [0.4, 0.5) is 0 Å². The van der Waals surface area contributed by atoms with E-state index < -0.39 is 0 Å². The molecule has 1 amide bonds. The number of nitrogens with zero attached hydrogens (tertiary/aromatic N) is 1. The van der Waals surface area contributed by atoms with Crippen molar-refractivity contribution in [3.8, 4) is 5.75 Å². The van der Waals surface area contributed by atoms with Gasteiger partial charge in [0.05, 0.1) is 17.8 Å². The van der Waals surface area contributed by atoms with Crippen molar-refractivity contribution < 1.29 is 14.4 Å². The van der Waals surface area contributed by atoms with Crippen molar-refractivity contribution in [1.82, 2.24) is 10.5 Å². The molecule has 1 aromatic heterocycles. The number of carbonyl (C=O) groups is 1. The number of thiazole rings is 1. The Bertz CT molecular complexity index is 569. The van der Waals surface area contributed by atoms with Crippen LogP contribution in [0.5, 0.6) is 5.75 Å². The van der Waals surface area contributed by atoms with Gasteiger partial charge < -0.3 is 4.74 Å². The van der Waals surface area contributed by atoms with Gasteiger partial charge in [-0.15, -0.1) is 11.3 Å². The summed E-state index contributed by atoms with van der Waals surface area (Å²) in [6.45, 7) is 2.34. The maximum absolute atomic E-state index is 11.6. The average molecular weight is 278 g/mol. The lowest BCUT2D eigenvalue weighted by Crippen LogP contribution is -2.21. The van der Waals surface area contributed by atoms with Gasteiger partial charge in [-0.2, -0.15) is 0 Å². The third-order valence-electron chi connectivity index (χ3n) is 2.34. The van der Waals surface area contributed by atoms with E-state index in [9.17, 15) is 4.79 Å². The molecule has 2 rings (SSSR count). The van der Waals surface area contributed by atoms with Crippen molar-refractivity contribution in [3.63, 3.8) is 0 Å². The summed E-state index contributed by atoms with van der Waals surface area (Å²) in [5, 5.41) is 2.96. The van der Waals surface area contributed by atoms with E-state index in [-0.39, 0.29) is 5.91 Å². The molecule has 0 bridgehead atoms. The number of hydrogen-bond acceptors (Lipinski definition) is 5. The fraction of sp³-hybridized carbons (Fsp3) is 0.231. The summed E-state index contributed by atoms with van der Waals surface area (Å²) in [6, 6.07) is 6.90. The van der Waals surface area contributed by atoms with Gasteiger partial charge >= 0.3 is 0 Å². The number of hydrogen-bond donors (Lipinski definition) is 1. The molecule has 0 unspecified atom stereocenters. The molecular weight excluding hydrogens is 264 g/mol. The largest absolute Gasteiger partial charge is 0.487 e. The normalized spacial score (nSPS) is 10.2. The minimum Gasteiger partial charge on any atom is -0.487 e. The van der Waals surface area contributed by atoms with Crippen molar-refractivity contribution in [2.45, 2.75) is 13.5 Å². The predicted octanol–water partition coefficient (Wildman–Crippen LogP) is 2.32. The first-order valence-corrected chi connectivity index (χ1v) is 6.54. The van der Waals surface area contributed by atoms with E-state index in [1.165, 1.54) is 7.11 Å². The topological polar surface area (TPSA) is 60.5 Å². The molecular formula is C13H14N2O3S. The first kappa shape index (κ1) is 13.5. The second-order valence-electron chi connectivity index (χ2n) is 3.81.